The maximum atomic E-state index is 12.3. The van der Waals surface area contributed by atoms with Crippen LogP contribution in [0.2, 0.25) is 0 Å². The van der Waals surface area contributed by atoms with Crippen LogP contribution in [0.25, 0.3) is 0 Å². The van der Waals surface area contributed by atoms with Crippen molar-refractivity contribution in [3.8, 4) is 0 Å². The van der Waals surface area contributed by atoms with Crippen LogP contribution in [0, 0.1) is 0 Å². The molecule has 3 atom stereocenters. The van der Waals surface area contributed by atoms with Crippen LogP contribution in [-0.2, 0) is 35.1 Å². The number of aliphatic hydroxyl groups is 1. The van der Waals surface area contributed by atoms with E-state index in [0.717, 1.165) is 49.2 Å². The number of hydrogen-bond acceptors (Lipinski definition) is 9. The molecule has 0 bridgehead atoms. The molecule has 228 valence electrons. The van der Waals surface area contributed by atoms with E-state index in [4.69, 9.17) is 24.2 Å². The number of benzene rings is 2. The second kappa shape index (κ2) is 14.5. The lowest BCUT2D eigenvalue weighted by Crippen LogP contribution is -2.48. The number of nitrogens with zero attached hydrogens (tertiary/aromatic N) is 1. The van der Waals surface area contributed by atoms with Gasteiger partial charge in [0, 0.05) is 63.0 Å². The number of nitrogens with one attached hydrogen (secondary N) is 2. The summed E-state index contributed by atoms with van der Waals surface area (Å²) >= 11 is 0. The van der Waals surface area contributed by atoms with Gasteiger partial charge in [-0.3, -0.25) is 14.8 Å². The molecule has 3 unspecified atom stereocenters. The van der Waals surface area contributed by atoms with Crippen LogP contribution in [0.4, 0.5) is 5.69 Å². The number of amides is 2. The zero-order valence-electron chi connectivity index (χ0n) is 23.8. The minimum Gasteiger partial charge on any atom is -0.392 e. The van der Waals surface area contributed by atoms with E-state index in [-0.39, 0.29) is 37.6 Å². The van der Waals surface area contributed by atoms with Gasteiger partial charge in [0.05, 0.1) is 32.0 Å². The van der Waals surface area contributed by atoms with Crippen molar-refractivity contribution in [1.82, 2.24) is 10.4 Å². The second-order valence-electron chi connectivity index (χ2n) is 11.2. The van der Waals surface area contributed by atoms with Crippen molar-refractivity contribution in [3.63, 3.8) is 0 Å². The van der Waals surface area contributed by atoms with E-state index in [1.54, 1.807) is 5.48 Å². The smallest absolute Gasteiger partial charge is 0.243 e. The summed E-state index contributed by atoms with van der Waals surface area (Å²) in [6, 6.07) is 15.3. The molecule has 3 aliphatic heterocycles. The van der Waals surface area contributed by atoms with Crippen LogP contribution in [0.15, 0.2) is 48.5 Å². The lowest BCUT2D eigenvalue weighted by molar-refractivity contribution is -0.255. The molecule has 0 radical (unpaired) electrons. The fourth-order valence-electron chi connectivity index (χ4n) is 5.76. The Labute approximate surface area is 246 Å². The molecule has 3 heterocycles. The molecular weight excluding hydrogens is 542 g/mol. The number of piperidine rings is 1. The predicted molar refractivity (Wildman–Crippen MR) is 152 cm³/mol. The van der Waals surface area contributed by atoms with Gasteiger partial charge in [0.15, 0.2) is 12.1 Å². The van der Waals surface area contributed by atoms with Crippen molar-refractivity contribution in [2.24, 2.45) is 0 Å². The maximum Gasteiger partial charge on any atom is 0.243 e. The lowest BCUT2D eigenvalue weighted by atomic mass is 9.98. The zero-order chi connectivity index (χ0) is 29.4. The number of carbonyl (C=O) groups is 2. The van der Waals surface area contributed by atoms with Gasteiger partial charge < -0.3 is 34.3 Å². The van der Waals surface area contributed by atoms with Crippen LogP contribution < -0.4 is 10.8 Å². The number of carbonyl (C=O) groups excluding carboxylic acids is 2. The summed E-state index contributed by atoms with van der Waals surface area (Å²) in [5.41, 5.74) is 5.01. The number of ether oxygens (including phenoxy) is 4. The minimum atomic E-state index is -0.577. The van der Waals surface area contributed by atoms with Gasteiger partial charge in [-0.25, -0.2) is 5.48 Å². The van der Waals surface area contributed by atoms with Crippen LogP contribution >= 0.6 is 0 Å². The molecular formula is C31H41N3O8. The van der Waals surface area contributed by atoms with E-state index in [1.807, 2.05) is 48.5 Å². The minimum absolute atomic E-state index is 0.00615. The Morgan fingerprint density at radius 3 is 2.17 bits per heavy atom. The summed E-state index contributed by atoms with van der Waals surface area (Å²) in [6.45, 7) is 3.85. The number of aliphatic hydroxyl groups excluding tert-OH is 1. The Kier molecular flexibility index (Phi) is 10.6. The van der Waals surface area contributed by atoms with E-state index >= 15 is 0 Å². The van der Waals surface area contributed by atoms with Gasteiger partial charge >= 0.3 is 0 Å². The summed E-state index contributed by atoms with van der Waals surface area (Å²) in [7, 11) is 0. The largest absolute Gasteiger partial charge is 0.392 e. The molecule has 1 spiro atoms. The summed E-state index contributed by atoms with van der Waals surface area (Å²) in [5.74, 6) is -1.01. The van der Waals surface area contributed by atoms with Crippen molar-refractivity contribution < 1.29 is 38.9 Å². The third-order valence-electron chi connectivity index (χ3n) is 8.16. The number of rotatable bonds is 11. The van der Waals surface area contributed by atoms with Crippen molar-refractivity contribution in [3.05, 3.63) is 65.2 Å². The normalized spacial score (nSPS) is 24.0. The molecule has 0 saturated carbocycles. The molecule has 11 heteroatoms. The number of anilines is 1. The fourth-order valence-corrected chi connectivity index (χ4v) is 5.76. The average Bonchev–Trinajstić information content (AvgIpc) is 3.48. The maximum absolute atomic E-state index is 12.3. The van der Waals surface area contributed by atoms with E-state index in [1.165, 1.54) is 0 Å². The van der Waals surface area contributed by atoms with E-state index in [0.29, 0.717) is 38.2 Å². The van der Waals surface area contributed by atoms with Gasteiger partial charge in [0.2, 0.25) is 11.8 Å². The first-order valence-electron chi connectivity index (χ1n) is 14.8. The van der Waals surface area contributed by atoms with Crippen LogP contribution in [0.1, 0.15) is 74.0 Å². The van der Waals surface area contributed by atoms with Crippen molar-refractivity contribution in [2.45, 2.75) is 75.8 Å². The highest BCUT2D eigenvalue weighted by Gasteiger charge is 2.41. The van der Waals surface area contributed by atoms with Gasteiger partial charge in [0.1, 0.15) is 0 Å². The molecule has 5 rings (SSSR count). The molecule has 0 aromatic heterocycles. The lowest BCUT2D eigenvalue weighted by Gasteiger charge is -2.41. The van der Waals surface area contributed by atoms with E-state index < -0.39 is 18.0 Å². The van der Waals surface area contributed by atoms with E-state index in [2.05, 4.69) is 10.2 Å². The molecule has 2 aromatic rings. The highest BCUT2D eigenvalue weighted by Crippen LogP contribution is 2.39. The van der Waals surface area contributed by atoms with Gasteiger partial charge in [0.25, 0.3) is 0 Å². The average molecular weight is 584 g/mol. The summed E-state index contributed by atoms with van der Waals surface area (Å²) < 4.78 is 24.7. The quantitative estimate of drug-likeness (QED) is 0.178. The molecule has 2 aromatic carbocycles. The van der Waals surface area contributed by atoms with Crippen molar-refractivity contribution in [1.29, 1.82) is 0 Å². The molecule has 42 heavy (non-hydrogen) atoms. The number of hydrogen-bond donors (Lipinski definition) is 4. The molecule has 3 saturated heterocycles. The van der Waals surface area contributed by atoms with Gasteiger partial charge in [-0.15, -0.1) is 0 Å². The fraction of sp³-hybridized carbons (Fsp3) is 0.548. The third kappa shape index (κ3) is 8.13. The first-order valence-corrected chi connectivity index (χ1v) is 14.8. The zero-order valence-corrected chi connectivity index (χ0v) is 23.8. The second-order valence-corrected chi connectivity index (χ2v) is 11.2. The highest BCUT2D eigenvalue weighted by atomic mass is 16.7. The Hall–Kier alpha value is -2.90. The molecule has 0 aliphatic carbocycles. The Balaban J connectivity index is 1.20. The molecule has 3 aliphatic rings. The van der Waals surface area contributed by atoms with Gasteiger partial charge in [-0.1, -0.05) is 36.4 Å². The summed E-state index contributed by atoms with van der Waals surface area (Å²) in [5, 5.41) is 20.9. The molecule has 11 nitrogen and oxygen atoms in total. The van der Waals surface area contributed by atoms with E-state index in [9.17, 15) is 14.7 Å². The molecule has 2 amide bonds. The topological polar surface area (TPSA) is 139 Å². The van der Waals surface area contributed by atoms with Crippen LogP contribution in [-0.4, -0.2) is 71.8 Å². The first kappa shape index (κ1) is 30.6. The number of unbranched alkanes of at least 4 members (excludes halogenated alkanes) is 1. The first-order chi connectivity index (χ1) is 20.4. The Morgan fingerprint density at radius 1 is 0.881 bits per heavy atom. The van der Waals surface area contributed by atoms with Crippen molar-refractivity contribution in [2.75, 3.05) is 38.2 Å². The standard InChI is InChI=1S/C31H41N3O8/c35-21-22-5-7-23(8-6-22)27-19-26(20-34-15-13-31(14-16-34)39-17-18-40-31)41-30(42-27)24-9-11-25(12-10-24)32-28(36)3-1-2-4-29(37)33-38/h5-12,26-27,30,35,38H,1-4,13-21H2,(H,32,36)(H,33,37). The van der Waals surface area contributed by atoms with Crippen LogP contribution in [0.3, 0.4) is 0 Å². The molecule has 3 fully saturated rings. The van der Waals surface area contributed by atoms with Gasteiger partial charge in [-0.05, 0) is 36.1 Å². The Bertz CT molecular complexity index is 1160. The SMILES string of the molecule is O=C(CCCCC(=O)Nc1ccc(C2OC(CN3CCC4(CC3)OCCO4)CC(c3ccc(CO)cc3)O2)cc1)NO. The highest BCUT2D eigenvalue weighted by molar-refractivity contribution is 5.90. The third-order valence-corrected chi connectivity index (χ3v) is 8.16. The number of likely N-dealkylation sites (tertiary alicyclic amines) is 1. The van der Waals surface area contributed by atoms with Crippen LogP contribution in [0.5, 0.6) is 0 Å². The number of hydroxylamine groups is 1. The monoisotopic (exact) mass is 583 g/mol. The predicted octanol–water partition coefficient (Wildman–Crippen LogP) is 3.57. The Morgan fingerprint density at radius 2 is 1.52 bits per heavy atom. The summed E-state index contributed by atoms with van der Waals surface area (Å²) in [6.07, 6.45) is 3.10. The van der Waals surface area contributed by atoms with Crippen molar-refractivity contribution >= 4 is 17.5 Å². The molecule has 4 N–H and O–H groups in total. The summed E-state index contributed by atoms with van der Waals surface area (Å²) in [4.78, 5) is 25.8. The van der Waals surface area contributed by atoms with Gasteiger partial charge in [-0.2, -0.15) is 0 Å².